The molecular weight excluding hydrogens is 464 g/mol. The summed E-state index contributed by atoms with van der Waals surface area (Å²) < 4.78 is 8.26. The van der Waals surface area contributed by atoms with Crippen LogP contribution in [0.2, 0.25) is 0 Å². The molecule has 184 valence electrons. The van der Waals surface area contributed by atoms with Gasteiger partial charge < -0.3 is 15.2 Å². The molecule has 11 heteroatoms. The molecule has 1 aliphatic carbocycles. The number of imidazole rings is 1. The Kier molecular flexibility index (Phi) is 6.63. The number of likely N-dealkylation sites (N-methyl/N-ethyl adjacent to an activating group) is 1. The van der Waals surface area contributed by atoms with Gasteiger partial charge in [-0.2, -0.15) is 9.47 Å². The second kappa shape index (κ2) is 9.84. The van der Waals surface area contributed by atoms with Crippen LogP contribution in [0, 0.1) is 6.92 Å². The number of aldehydes is 1. The van der Waals surface area contributed by atoms with E-state index in [-0.39, 0.29) is 18.7 Å². The standard InChI is InChI=1S/C24H30N8O2S/c1-3-30(24(16-34)6-4-5-7-24)15-19-10-21(35-29-19)28-22-23-25-12-20(32(23)13-17(2)27-22)18-11-26-31(14-18)8-9-33/h9-14,34H,3-8,15-16H2,1-2H3,(H,27,28). The van der Waals surface area contributed by atoms with Crippen molar-refractivity contribution in [3.8, 4) is 11.3 Å². The Bertz CT molecular complexity index is 1320. The van der Waals surface area contributed by atoms with Gasteiger partial charge in [-0.3, -0.25) is 14.0 Å². The molecule has 1 fully saturated rings. The predicted octanol–water partition coefficient (Wildman–Crippen LogP) is 3.43. The van der Waals surface area contributed by atoms with Gasteiger partial charge in [0, 0.05) is 30.0 Å². The van der Waals surface area contributed by atoms with Gasteiger partial charge in [-0.25, -0.2) is 9.97 Å². The van der Waals surface area contributed by atoms with E-state index < -0.39 is 0 Å². The average Bonchev–Trinajstić information content (AvgIpc) is 3.64. The lowest BCUT2D eigenvalue weighted by atomic mass is 9.96. The Morgan fingerprint density at radius 3 is 2.86 bits per heavy atom. The van der Waals surface area contributed by atoms with Gasteiger partial charge in [-0.1, -0.05) is 19.8 Å². The maximum absolute atomic E-state index is 10.8. The van der Waals surface area contributed by atoms with Crippen LogP contribution in [0.15, 0.2) is 30.9 Å². The lowest BCUT2D eigenvalue weighted by molar-refractivity contribution is -0.108. The molecule has 1 aliphatic rings. The summed E-state index contributed by atoms with van der Waals surface area (Å²) in [6.45, 7) is 6.08. The highest BCUT2D eigenvalue weighted by atomic mass is 32.1. The number of nitrogens with zero attached hydrogens (tertiary/aromatic N) is 7. The van der Waals surface area contributed by atoms with Gasteiger partial charge in [-0.15, -0.1) is 0 Å². The van der Waals surface area contributed by atoms with Crippen molar-refractivity contribution < 1.29 is 9.90 Å². The first-order valence-electron chi connectivity index (χ1n) is 11.9. The van der Waals surface area contributed by atoms with E-state index >= 15 is 0 Å². The van der Waals surface area contributed by atoms with Crippen LogP contribution in [0.3, 0.4) is 0 Å². The lowest BCUT2D eigenvalue weighted by Gasteiger charge is -2.39. The van der Waals surface area contributed by atoms with Gasteiger partial charge in [-0.05, 0) is 43.9 Å². The number of aryl methyl sites for hydroxylation is 1. The number of aliphatic hydroxyl groups is 1. The molecule has 4 heterocycles. The second-order valence-corrected chi connectivity index (χ2v) is 9.90. The van der Waals surface area contributed by atoms with Crippen molar-refractivity contribution in [2.24, 2.45) is 0 Å². The molecule has 1 saturated carbocycles. The van der Waals surface area contributed by atoms with Gasteiger partial charge in [0.05, 0.1) is 42.6 Å². The zero-order valence-electron chi connectivity index (χ0n) is 20.0. The summed E-state index contributed by atoms with van der Waals surface area (Å²) in [5, 5.41) is 18.7. The third-order valence-corrected chi connectivity index (χ3v) is 7.58. The Labute approximate surface area is 207 Å². The molecule has 0 unspecified atom stereocenters. The molecule has 0 aliphatic heterocycles. The van der Waals surface area contributed by atoms with Crippen LogP contribution in [0.1, 0.15) is 44.0 Å². The molecule has 2 N–H and O–H groups in total. The lowest BCUT2D eigenvalue weighted by Crippen LogP contribution is -2.49. The summed E-state index contributed by atoms with van der Waals surface area (Å²) in [6.07, 6.45) is 12.5. The SMILES string of the molecule is CCN(Cc1cc(Nc2nc(C)cn3c(-c4cnn(CC=O)c4)cnc23)sn1)C1(CO)CCCC1. The van der Waals surface area contributed by atoms with Crippen LogP contribution in [-0.4, -0.2) is 63.5 Å². The number of hydrogen-bond donors (Lipinski definition) is 2. The van der Waals surface area contributed by atoms with Crippen molar-refractivity contribution >= 4 is 34.3 Å². The van der Waals surface area contributed by atoms with E-state index in [9.17, 15) is 9.90 Å². The van der Waals surface area contributed by atoms with Crippen molar-refractivity contribution in [1.82, 2.24) is 33.4 Å². The van der Waals surface area contributed by atoms with E-state index in [1.165, 1.54) is 24.4 Å². The van der Waals surface area contributed by atoms with Crippen LogP contribution in [0.5, 0.6) is 0 Å². The minimum Gasteiger partial charge on any atom is -0.394 e. The Morgan fingerprint density at radius 2 is 2.11 bits per heavy atom. The van der Waals surface area contributed by atoms with Crippen molar-refractivity contribution in [2.45, 2.75) is 58.2 Å². The molecule has 0 saturated heterocycles. The summed E-state index contributed by atoms with van der Waals surface area (Å²) >= 11 is 1.40. The van der Waals surface area contributed by atoms with Crippen molar-refractivity contribution in [3.05, 3.63) is 42.2 Å². The molecule has 5 rings (SSSR count). The molecule has 10 nitrogen and oxygen atoms in total. The summed E-state index contributed by atoms with van der Waals surface area (Å²) in [4.78, 5) is 22.5. The Balaban J connectivity index is 1.38. The zero-order valence-corrected chi connectivity index (χ0v) is 20.8. The number of aliphatic hydroxyl groups excluding tert-OH is 1. The number of carbonyl (C=O) groups is 1. The normalized spacial score (nSPS) is 15.3. The molecular formula is C24H30N8O2S. The van der Waals surface area contributed by atoms with E-state index in [1.807, 2.05) is 23.7 Å². The number of fused-ring (bicyclic) bond motifs is 1. The van der Waals surface area contributed by atoms with Gasteiger partial charge in [0.1, 0.15) is 11.3 Å². The summed E-state index contributed by atoms with van der Waals surface area (Å²) in [6, 6.07) is 2.06. The van der Waals surface area contributed by atoms with Crippen molar-refractivity contribution in [2.75, 3.05) is 18.5 Å². The number of hydrogen-bond acceptors (Lipinski definition) is 9. The molecule has 4 aromatic heterocycles. The topological polar surface area (TPSA) is 113 Å². The largest absolute Gasteiger partial charge is 0.394 e. The van der Waals surface area contributed by atoms with Crippen molar-refractivity contribution in [3.63, 3.8) is 0 Å². The predicted molar refractivity (Wildman–Crippen MR) is 135 cm³/mol. The summed E-state index contributed by atoms with van der Waals surface area (Å²) in [5.74, 6) is 0.654. The highest BCUT2D eigenvalue weighted by Gasteiger charge is 2.38. The first-order valence-corrected chi connectivity index (χ1v) is 12.7. The average molecular weight is 495 g/mol. The van der Waals surface area contributed by atoms with E-state index in [4.69, 9.17) is 0 Å². The number of aromatic nitrogens is 6. The van der Waals surface area contributed by atoms with Gasteiger partial charge >= 0.3 is 0 Å². The van der Waals surface area contributed by atoms with Crippen LogP contribution in [0.25, 0.3) is 16.9 Å². The fourth-order valence-corrected chi connectivity index (χ4v) is 5.72. The third-order valence-electron chi connectivity index (χ3n) is 6.84. The number of anilines is 2. The molecule has 4 aromatic rings. The fraction of sp³-hybridized carbons (Fsp3) is 0.458. The quantitative estimate of drug-likeness (QED) is 0.323. The number of nitrogens with one attached hydrogen (secondary N) is 1. The molecule has 0 amide bonds. The van der Waals surface area contributed by atoms with E-state index in [1.54, 1.807) is 17.1 Å². The minimum absolute atomic E-state index is 0.123. The van der Waals surface area contributed by atoms with Crippen molar-refractivity contribution in [1.29, 1.82) is 0 Å². The fourth-order valence-electron chi connectivity index (χ4n) is 5.06. The molecule has 0 radical (unpaired) electrons. The molecule has 0 spiro atoms. The van der Waals surface area contributed by atoms with Gasteiger partial charge in [0.25, 0.3) is 0 Å². The second-order valence-electron chi connectivity index (χ2n) is 9.10. The number of carbonyl (C=O) groups excluding carboxylic acids is 1. The Hall–Kier alpha value is -3.15. The number of rotatable bonds is 10. The summed E-state index contributed by atoms with van der Waals surface area (Å²) in [7, 11) is 0. The first kappa shape index (κ1) is 23.6. The van der Waals surface area contributed by atoms with Crippen LogP contribution < -0.4 is 5.32 Å². The van der Waals surface area contributed by atoms with Gasteiger partial charge in [0.15, 0.2) is 11.5 Å². The molecule has 0 aromatic carbocycles. The van der Waals surface area contributed by atoms with Gasteiger partial charge in [0.2, 0.25) is 0 Å². The van der Waals surface area contributed by atoms with Crippen LogP contribution in [-0.2, 0) is 17.9 Å². The first-order chi connectivity index (χ1) is 17.0. The zero-order chi connectivity index (χ0) is 24.4. The third kappa shape index (κ3) is 4.58. The molecule has 0 atom stereocenters. The maximum Gasteiger partial charge on any atom is 0.180 e. The van der Waals surface area contributed by atoms with E-state index in [0.717, 1.165) is 53.3 Å². The Morgan fingerprint density at radius 1 is 1.29 bits per heavy atom. The molecule has 35 heavy (non-hydrogen) atoms. The van der Waals surface area contributed by atoms with Crippen LogP contribution >= 0.6 is 11.5 Å². The van der Waals surface area contributed by atoms with E-state index in [0.29, 0.717) is 18.0 Å². The minimum atomic E-state index is -0.123. The van der Waals surface area contributed by atoms with E-state index in [2.05, 4.69) is 42.6 Å². The maximum atomic E-state index is 10.8. The smallest absolute Gasteiger partial charge is 0.180 e. The highest BCUT2D eigenvalue weighted by molar-refractivity contribution is 7.10. The molecule has 0 bridgehead atoms. The summed E-state index contributed by atoms with van der Waals surface area (Å²) in [5.41, 5.74) is 4.15. The van der Waals surface area contributed by atoms with Crippen LogP contribution in [0.4, 0.5) is 10.8 Å². The highest BCUT2D eigenvalue weighted by Crippen LogP contribution is 2.36. The monoisotopic (exact) mass is 494 g/mol.